The van der Waals surface area contributed by atoms with Crippen molar-refractivity contribution >= 4 is 28.8 Å². The number of carbonyl (C=O) groups is 2. The Morgan fingerprint density at radius 1 is 0.926 bits per heavy atom. The summed E-state index contributed by atoms with van der Waals surface area (Å²) in [7, 11) is 1.64. The molecule has 290 valence electrons. The second-order valence-electron chi connectivity index (χ2n) is 19.8. The van der Waals surface area contributed by atoms with Crippen molar-refractivity contribution in [1.82, 2.24) is 4.90 Å². The Bertz CT molecular complexity index is 1910. The SMILES string of the molecule is COc1ccc(NC(=O)N(C[C@@H]2CC[C@H]3C[C@@H]2C3(C)C)C[C@]2(O)CC[C@H]3[C@]45C=C[C@@]6(C=C4C(=O)c4ccc(C)s4)CC(O)CC[C@]6(C)[C@H]5CC[C@@]32C)cc1. The number of aryl methyl sites for hydroxylation is 1. The average Bonchev–Trinajstić information content (AvgIpc) is 3.70. The van der Waals surface area contributed by atoms with Gasteiger partial charge in [0.05, 0.1) is 30.2 Å². The summed E-state index contributed by atoms with van der Waals surface area (Å²) in [6, 6.07) is 11.3. The summed E-state index contributed by atoms with van der Waals surface area (Å²) in [6.45, 7) is 12.5. The van der Waals surface area contributed by atoms with Gasteiger partial charge in [0.25, 0.3) is 0 Å². The van der Waals surface area contributed by atoms with E-state index in [-0.39, 0.29) is 52.5 Å². The number of ketones is 1. The van der Waals surface area contributed by atoms with Crippen molar-refractivity contribution < 1.29 is 24.5 Å². The highest BCUT2D eigenvalue weighted by Crippen LogP contribution is 2.78. The molecule has 3 N–H and O–H groups in total. The summed E-state index contributed by atoms with van der Waals surface area (Å²) >= 11 is 1.57. The minimum absolute atomic E-state index is 0.0377. The third-order valence-corrected chi connectivity index (χ3v) is 18.5. The minimum atomic E-state index is -1.13. The molecule has 1 aromatic carbocycles. The Kier molecular flexibility index (Phi) is 8.34. The molecule has 4 bridgehead atoms. The zero-order valence-corrected chi connectivity index (χ0v) is 33.9. The van der Waals surface area contributed by atoms with Crippen LogP contribution in [0.1, 0.15) is 106 Å². The number of aliphatic hydroxyl groups is 2. The van der Waals surface area contributed by atoms with Crippen molar-refractivity contribution in [2.24, 2.45) is 56.7 Å². The molecule has 9 aliphatic rings. The molecular weight excluding hydrogens is 693 g/mol. The van der Waals surface area contributed by atoms with E-state index in [2.05, 4.69) is 58.2 Å². The average molecular weight is 753 g/mol. The van der Waals surface area contributed by atoms with Gasteiger partial charge in [-0.25, -0.2) is 4.79 Å². The molecule has 6 fully saturated rings. The molecule has 2 amide bonds. The number of benzene rings is 1. The monoisotopic (exact) mass is 752 g/mol. The van der Waals surface area contributed by atoms with Crippen LogP contribution in [0.2, 0.25) is 0 Å². The van der Waals surface area contributed by atoms with Gasteiger partial charge in [0.1, 0.15) is 5.75 Å². The van der Waals surface area contributed by atoms with E-state index in [1.165, 1.54) is 12.8 Å². The van der Waals surface area contributed by atoms with E-state index in [9.17, 15) is 19.8 Å². The van der Waals surface area contributed by atoms with Gasteiger partial charge in [-0.2, -0.15) is 0 Å². The second-order valence-corrected chi connectivity index (χ2v) is 21.1. The van der Waals surface area contributed by atoms with Crippen LogP contribution in [0.4, 0.5) is 10.5 Å². The van der Waals surface area contributed by atoms with Crippen LogP contribution >= 0.6 is 11.3 Å². The molecule has 1 unspecified atom stereocenters. The van der Waals surface area contributed by atoms with Crippen molar-refractivity contribution in [3.63, 3.8) is 0 Å². The van der Waals surface area contributed by atoms with E-state index < -0.39 is 16.4 Å². The Hall–Kier alpha value is -2.94. The predicted octanol–water partition coefficient (Wildman–Crippen LogP) is 9.45. The van der Waals surface area contributed by atoms with Crippen molar-refractivity contribution in [2.75, 3.05) is 25.5 Å². The number of anilines is 1. The number of methoxy groups -OCH3 is 1. The van der Waals surface area contributed by atoms with E-state index in [4.69, 9.17) is 4.74 Å². The highest BCUT2D eigenvalue weighted by Gasteiger charge is 2.74. The molecule has 2 aromatic rings. The number of nitrogens with one attached hydrogen (secondary N) is 1. The van der Waals surface area contributed by atoms with Crippen LogP contribution < -0.4 is 10.1 Å². The number of nitrogens with zero attached hydrogens (tertiary/aromatic N) is 1. The van der Waals surface area contributed by atoms with Crippen LogP contribution in [-0.2, 0) is 0 Å². The van der Waals surface area contributed by atoms with Crippen molar-refractivity contribution in [1.29, 1.82) is 0 Å². The van der Waals surface area contributed by atoms with Gasteiger partial charge >= 0.3 is 6.03 Å². The molecule has 11 atom stereocenters. The van der Waals surface area contributed by atoms with Gasteiger partial charge in [-0.3, -0.25) is 4.79 Å². The quantitative estimate of drug-likeness (QED) is 0.184. The van der Waals surface area contributed by atoms with Crippen LogP contribution in [0, 0.1) is 63.6 Å². The van der Waals surface area contributed by atoms with Crippen LogP contribution in [0.15, 0.2) is 60.2 Å². The first-order valence-corrected chi connectivity index (χ1v) is 21.6. The lowest BCUT2D eigenvalue weighted by Crippen LogP contribution is -2.67. The van der Waals surface area contributed by atoms with Gasteiger partial charge in [0, 0.05) is 38.9 Å². The Morgan fingerprint density at radius 2 is 1.65 bits per heavy atom. The third kappa shape index (κ3) is 4.97. The molecule has 54 heavy (non-hydrogen) atoms. The van der Waals surface area contributed by atoms with E-state index in [0.29, 0.717) is 36.9 Å². The van der Waals surface area contributed by atoms with Gasteiger partial charge in [0.2, 0.25) is 0 Å². The third-order valence-electron chi connectivity index (χ3n) is 17.5. The Labute approximate surface area is 325 Å². The number of Topliss-reactive ketones (excluding diaryl/α,β-unsaturated/α-hetero) is 1. The van der Waals surface area contributed by atoms with Crippen LogP contribution in [-0.4, -0.2) is 58.8 Å². The van der Waals surface area contributed by atoms with Crippen LogP contribution in [0.5, 0.6) is 5.75 Å². The standard InChI is InChI=1S/C46H60N2O5S/c1-28-7-14-36(54-28)39(50)35-25-44-21-22-46(35)37(42(44,4)18-15-32(49)24-44)16-19-43(5)38(46)17-20-45(43,52)27-48(26-29-8-9-30-23-34(29)41(30,2)3)40(51)47-31-10-12-33(53-6)13-11-31/h7,10-14,21-22,25,29-30,32,34,37-38,49,52H,8-9,15-20,23-24,26-27H2,1-6H3,(H,47,51)/t29-,30-,32?,34-,37+,38+,42+,43-,44-,45+,46+/m0/s1. The molecule has 8 heteroatoms. The van der Waals surface area contributed by atoms with E-state index in [1.807, 2.05) is 41.3 Å². The first-order valence-electron chi connectivity index (χ1n) is 20.7. The molecule has 0 radical (unpaired) electrons. The topological polar surface area (TPSA) is 99.1 Å². The molecule has 2 spiro atoms. The molecular formula is C46H60N2O5S. The number of carbonyl (C=O) groups excluding carboxylic acids is 2. The van der Waals surface area contributed by atoms with Gasteiger partial charge in [-0.1, -0.05) is 45.9 Å². The van der Waals surface area contributed by atoms with E-state index in [0.717, 1.165) is 65.5 Å². The number of hydrogen-bond donors (Lipinski definition) is 3. The normalized spacial score (nSPS) is 42.2. The number of allylic oxidation sites excluding steroid dienone is 4. The van der Waals surface area contributed by atoms with E-state index in [1.54, 1.807) is 18.4 Å². The number of ether oxygens (including phenoxy) is 1. The van der Waals surface area contributed by atoms with Gasteiger partial charge in [-0.05, 0) is 148 Å². The molecule has 1 heterocycles. The first kappa shape index (κ1) is 36.7. The maximum atomic E-state index is 14.9. The number of urea groups is 1. The van der Waals surface area contributed by atoms with Gasteiger partial charge in [0.15, 0.2) is 5.78 Å². The summed E-state index contributed by atoms with van der Waals surface area (Å²) in [6.07, 6.45) is 15.7. The highest BCUT2D eigenvalue weighted by atomic mass is 32.1. The summed E-state index contributed by atoms with van der Waals surface area (Å²) in [5.41, 5.74) is -0.729. The van der Waals surface area contributed by atoms with Crippen LogP contribution in [0.25, 0.3) is 0 Å². The molecule has 0 aliphatic heterocycles. The fraction of sp³-hybridized carbons (Fsp3) is 0.652. The summed E-state index contributed by atoms with van der Waals surface area (Å²) in [5.74, 6) is 2.86. The number of thiophene rings is 1. The number of fused-ring (bicyclic) bond motifs is 3. The number of rotatable bonds is 8. The lowest BCUT2D eigenvalue weighted by atomic mass is 9.32. The lowest BCUT2D eigenvalue weighted by Gasteiger charge is -2.71. The molecule has 7 nitrogen and oxygen atoms in total. The fourth-order valence-corrected chi connectivity index (χ4v) is 15.0. The number of aliphatic hydroxyl groups excluding tert-OH is 1. The van der Waals surface area contributed by atoms with Crippen molar-refractivity contribution in [3.8, 4) is 5.75 Å². The molecule has 9 aliphatic carbocycles. The maximum absolute atomic E-state index is 14.9. The summed E-state index contributed by atoms with van der Waals surface area (Å²) in [4.78, 5) is 33.2. The summed E-state index contributed by atoms with van der Waals surface area (Å²) < 4.78 is 5.37. The fourth-order valence-electron chi connectivity index (χ4n) is 14.2. The van der Waals surface area contributed by atoms with Crippen molar-refractivity contribution in [3.05, 3.63) is 70.0 Å². The zero-order valence-electron chi connectivity index (χ0n) is 33.1. The van der Waals surface area contributed by atoms with E-state index >= 15 is 0 Å². The molecule has 1 aromatic heterocycles. The van der Waals surface area contributed by atoms with Crippen molar-refractivity contribution in [2.45, 2.75) is 111 Å². The number of hydrogen-bond acceptors (Lipinski definition) is 6. The smallest absolute Gasteiger partial charge is 0.321 e. The zero-order chi connectivity index (χ0) is 38.1. The molecule has 6 saturated carbocycles. The predicted molar refractivity (Wildman–Crippen MR) is 214 cm³/mol. The highest BCUT2D eigenvalue weighted by molar-refractivity contribution is 7.14. The Morgan fingerprint density at radius 3 is 2.33 bits per heavy atom. The lowest BCUT2D eigenvalue weighted by molar-refractivity contribution is -0.176. The molecule has 11 rings (SSSR count). The minimum Gasteiger partial charge on any atom is -0.497 e. The molecule has 0 saturated heterocycles. The number of amides is 2. The maximum Gasteiger partial charge on any atom is 0.321 e. The Balaban J connectivity index is 1.08. The van der Waals surface area contributed by atoms with Crippen LogP contribution in [0.3, 0.4) is 0 Å². The van der Waals surface area contributed by atoms with Gasteiger partial charge < -0.3 is 25.2 Å². The second kappa shape index (κ2) is 12.3. The largest absolute Gasteiger partial charge is 0.497 e. The van der Waals surface area contributed by atoms with Gasteiger partial charge in [-0.15, -0.1) is 11.3 Å². The summed E-state index contributed by atoms with van der Waals surface area (Å²) in [5, 5.41) is 27.6. The first-order chi connectivity index (χ1) is 25.6.